The van der Waals surface area contributed by atoms with E-state index in [1.165, 1.54) is 0 Å². The summed E-state index contributed by atoms with van der Waals surface area (Å²) >= 11 is 0. The fourth-order valence-corrected chi connectivity index (χ4v) is 3.61. The Balaban J connectivity index is 1.52. The summed E-state index contributed by atoms with van der Waals surface area (Å²) in [6.07, 6.45) is 3.96. The van der Waals surface area contributed by atoms with Gasteiger partial charge in [-0.2, -0.15) is 0 Å². The Morgan fingerprint density at radius 3 is 2.09 bits per heavy atom. The number of aliphatic hydroxyl groups is 1. The van der Waals surface area contributed by atoms with Crippen molar-refractivity contribution in [1.29, 1.82) is 0 Å². The molecule has 22 heavy (non-hydrogen) atoms. The van der Waals surface area contributed by atoms with E-state index in [0.29, 0.717) is 12.8 Å². The van der Waals surface area contributed by atoms with Gasteiger partial charge in [0.1, 0.15) is 11.5 Å². The number of benzene rings is 2. The molecule has 2 aliphatic rings. The number of ether oxygens (including phenoxy) is 2. The summed E-state index contributed by atoms with van der Waals surface area (Å²) in [4.78, 5) is 0. The van der Waals surface area contributed by atoms with Crippen LogP contribution in [0, 0.1) is 0 Å². The molecule has 2 saturated heterocycles. The van der Waals surface area contributed by atoms with Crippen LogP contribution in [0.15, 0.2) is 54.6 Å². The minimum Gasteiger partial charge on any atom is -0.457 e. The molecular formula is C19H20O3. The van der Waals surface area contributed by atoms with Gasteiger partial charge in [0, 0.05) is 12.8 Å². The monoisotopic (exact) mass is 296 g/mol. The van der Waals surface area contributed by atoms with Gasteiger partial charge in [-0.05, 0) is 42.7 Å². The second kappa shape index (κ2) is 5.41. The summed E-state index contributed by atoms with van der Waals surface area (Å²) in [6.45, 7) is 0. The molecule has 2 aliphatic heterocycles. The lowest BCUT2D eigenvalue weighted by Crippen LogP contribution is -2.38. The van der Waals surface area contributed by atoms with Crippen LogP contribution in [0.1, 0.15) is 31.2 Å². The van der Waals surface area contributed by atoms with Crippen molar-refractivity contribution in [3.05, 3.63) is 60.2 Å². The van der Waals surface area contributed by atoms with Crippen LogP contribution in [0.4, 0.5) is 0 Å². The molecule has 3 nitrogen and oxygen atoms in total. The maximum atomic E-state index is 11.0. The molecule has 2 unspecified atom stereocenters. The van der Waals surface area contributed by atoms with Gasteiger partial charge in [-0.25, -0.2) is 0 Å². The second-order valence-corrected chi connectivity index (χ2v) is 6.34. The summed E-state index contributed by atoms with van der Waals surface area (Å²) in [7, 11) is 0. The van der Waals surface area contributed by atoms with Crippen molar-refractivity contribution < 1.29 is 14.6 Å². The average Bonchev–Trinajstić information content (AvgIpc) is 2.88. The standard InChI is InChI=1S/C19H20O3/c20-19(12-17-10-11-18(13-19)22-17)14-6-8-16(9-7-14)21-15-4-2-1-3-5-15/h1-9,17-18,20H,10-13H2. The Bertz CT molecular complexity index is 623. The largest absolute Gasteiger partial charge is 0.457 e. The molecule has 0 aromatic heterocycles. The highest BCUT2D eigenvalue weighted by Gasteiger charge is 2.44. The van der Waals surface area contributed by atoms with Gasteiger partial charge >= 0.3 is 0 Å². The minimum atomic E-state index is -0.755. The highest BCUT2D eigenvalue weighted by molar-refractivity contribution is 5.35. The number of hydrogen-bond donors (Lipinski definition) is 1. The van der Waals surface area contributed by atoms with Crippen LogP contribution in [0.5, 0.6) is 11.5 Å². The summed E-state index contributed by atoms with van der Waals surface area (Å²) in [5, 5.41) is 11.0. The molecule has 4 rings (SSSR count). The van der Waals surface area contributed by atoms with Crippen molar-refractivity contribution in [3.63, 3.8) is 0 Å². The highest BCUT2D eigenvalue weighted by atomic mass is 16.5. The van der Waals surface area contributed by atoms with E-state index in [0.717, 1.165) is 29.9 Å². The SMILES string of the molecule is OC1(c2ccc(Oc3ccccc3)cc2)CC2CCC(C1)O2. The highest BCUT2D eigenvalue weighted by Crippen LogP contribution is 2.44. The molecule has 0 spiro atoms. The predicted molar refractivity (Wildman–Crippen MR) is 84.0 cm³/mol. The zero-order chi connectivity index (χ0) is 15.0. The summed E-state index contributed by atoms with van der Waals surface area (Å²) in [5.74, 6) is 1.60. The Morgan fingerprint density at radius 1 is 0.864 bits per heavy atom. The molecule has 2 heterocycles. The van der Waals surface area contributed by atoms with Crippen LogP contribution < -0.4 is 4.74 Å². The van der Waals surface area contributed by atoms with Gasteiger partial charge in [0.2, 0.25) is 0 Å². The quantitative estimate of drug-likeness (QED) is 0.930. The maximum absolute atomic E-state index is 11.0. The number of hydrogen-bond acceptors (Lipinski definition) is 3. The van der Waals surface area contributed by atoms with Crippen molar-refractivity contribution in [2.24, 2.45) is 0 Å². The lowest BCUT2D eigenvalue weighted by atomic mass is 9.83. The van der Waals surface area contributed by atoms with E-state index in [9.17, 15) is 5.11 Å². The van der Waals surface area contributed by atoms with Crippen LogP contribution in [0.2, 0.25) is 0 Å². The third-order valence-electron chi connectivity index (χ3n) is 4.70. The molecule has 2 aromatic carbocycles. The molecule has 2 bridgehead atoms. The molecule has 0 amide bonds. The molecule has 114 valence electrons. The first-order valence-corrected chi connectivity index (χ1v) is 7.93. The molecule has 2 aromatic rings. The third kappa shape index (κ3) is 2.62. The fourth-order valence-electron chi connectivity index (χ4n) is 3.61. The number of fused-ring (bicyclic) bond motifs is 2. The Morgan fingerprint density at radius 2 is 1.45 bits per heavy atom. The zero-order valence-corrected chi connectivity index (χ0v) is 12.4. The first-order chi connectivity index (χ1) is 10.7. The first kappa shape index (κ1) is 13.8. The summed E-state index contributed by atoms with van der Waals surface area (Å²) in [6, 6.07) is 17.5. The smallest absolute Gasteiger partial charge is 0.127 e. The summed E-state index contributed by atoms with van der Waals surface area (Å²) < 4.78 is 11.6. The van der Waals surface area contributed by atoms with Gasteiger partial charge < -0.3 is 14.6 Å². The fraction of sp³-hybridized carbons (Fsp3) is 0.368. The van der Waals surface area contributed by atoms with E-state index in [-0.39, 0.29) is 12.2 Å². The van der Waals surface area contributed by atoms with E-state index < -0.39 is 5.60 Å². The van der Waals surface area contributed by atoms with Gasteiger partial charge in [0.25, 0.3) is 0 Å². The van der Waals surface area contributed by atoms with Crippen LogP contribution in [0.25, 0.3) is 0 Å². The molecule has 0 aliphatic carbocycles. The van der Waals surface area contributed by atoms with E-state index in [1.807, 2.05) is 54.6 Å². The van der Waals surface area contributed by atoms with Crippen LogP contribution in [0.3, 0.4) is 0 Å². The molecular weight excluding hydrogens is 276 g/mol. The molecule has 0 saturated carbocycles. The van der Waals surface area contributed by atoms with Crippen molar-refractivity contribution >= 4 is 0 Å². The Kier molecular flexibility index (Phi) is 3.40. The Labute approximate surface area is 130 Å². The molecule has 1 N–H and O–H groups in total. The Hall–Kier alpha value is -1.84. The van der Waals surface area contributed by atoms with Gasteiger partial charge in [-0.1, -0.05) is 30.3 Å². The van der Waals surface area contributed by atoms with Gasteiger partial charge in [-0.15, -0.1) is 0 Å². The van der Waals surface area contributed by atoms with Crippen LogP contribution in [-0.2, 0) is 10.3 Å². The van der Waals surface area contributed by atoms with Crippen molar-refractivity contribution in [3.8, 4) is 11.5 Å². The molecule has 2 atom stereocenters. The normalized spacial score (nSPS) is 30.2. The second-order valence-electron chi connectivity index (χ2n) is 6.34. The molecule has 3 heteroatoms. The van der Waals surface area contributed by atoms with E-state index >= 15 is 0 Å². The summed E-state index contributed by atoms with van der Waals surface area (Å²) in [5.41, 5.74) is 0.211. The van der Waals surface area contributed by atoms with E-state index in [1.54, 1.807) is 0 Å². The first-order valence-electron chi connectivity index (χ1n) is 7.93. The minimum absolute atomic E-state index is 0.212. The van der Waals surface area contributed by atoms with Crippen LogP contribution >= 0.6 is 0 Å². The van der Waals surface area contributed by atoms with Crippen molar-refractivity contribution in [2.45, 2.75) is 43.5 Å². The number of para-hydroxylation sites is 1. The average molecular weight is 296 g/mol. The lowest BCUT2D eigenvalue weighted by molar-refractivity contribution is -0.115. The van der Waals surface area contributed by atoms with Gasteiger partial charge in [0.15, 0.2) is 0 Å². The molecule has 0 radical (unpaired) electrons. The maximum Gasteiger partial charge on any atom is 0.127 e. The van der Waals surface area contributed by atoms with Crippen molar-refractivity contribution in [2.75, 3.05) is 0 Å². The predicted octanol–water partition coefficient (Wildman–Crippen LogP) is 4.01. The van der Waals surface area contributed by atoms with Gasteiger partial charge in [0.05, 0.1) is 17.8 Å². The van der Waals surface area contributed by atoms with Crippen molar-refractivity contribution in [1.82, 2.24) is 0 Å². The topological polar surface area (TPSA) is 38.7 Å². The van der Waals surface area contributed by atoms with Gasteiger partial charge in [-0.3, -0.25) is 0 Å². The molecule has 2 fully saturated rings. The zero-order valence-electron chi connectivity index (χ0n) is 12.4. The van der Waals surface area contributed by atoms with E-state index in [2.05, 4.69) is 0 Å². The number of rotatable bonds is 3. The lowest BCUT2D eigenvalue weighted by Gasteiger charge is -2.36. The van der Waals surface area contributed by atoms with Crippen LogP contribution in [-0.4, -0.2) is 17.3 Å². The van der Waals surface area contributed by atoms with E-state index in [4.69, 9.17) is 9.47 Å². The third-order valence-corrected chi connectivity index (χ3v) is 4.70.